The number of fused-ring (bicyclic) bond motifs is 1. The summed E-state index contributed by atoms with van der Waals surface area (Å²) in [7, 11) is 4.25. The number of hydrogen-bond donors (Lipinski definition) is 1. The van der Waals surface area contributed by atoms with Gasteiger partial charge in [-0.2, -0.15) is 15.2 Å². The summed E-state index contributed by atoms with van der Waals surface area (Å²) in [4.78, 5) is 16.4. The first kappa shape index (κ1) is 18.4. The number of nitriles is 1. The van der Waals surface area contributed by atoms with Crippen molar-refractivity contribution in [2.24, 2.45) is 0 Å². The predicted molar refractivity (Wildman–Crippen MR) is 103 cm³/mol. The first-order valence-electron chi connectivity index (χ1n) is 9.91. The molecule has 4 rings (SSSR count). The zero-order valence-electron chi connectivity index (χ0n) is 16.3. The SMILES string of the molecule is CN1CCC[C@H]1COc1nc2c(c(N3CCN(C)[C@@H](CC#N)C3)n1)CNC2. The van der Waals surface area contributed by atoms with Gasteiger partial charge in [0.15, 0.2) is 0 Å². The minimum absolute atomic E-state index is 0.236. The molecule has 146 valence electrons. The van der Waals surface area contributed by atoms with Gasteiger partial charge in [-0.05, 0) is 33.5 Å². The number of aromatic nitrogens is 2. The third-order valence-corrected chi connectivity index (χ3v) is 6.12. The van der Waals surface area contributed by atoms with Crippen molar-refractivity contribution in [3.63, 3.8) is 0 Å². The van der Waals surface area contributed by atoms with Crippen molar-refractivity contribution < 1.29 is 4.74 Å². The summed E-state index contributed by atoms with van der Waals surface area (Å²) >= 11 is 0. The van der Waals surface area contributed by atoms with Gasteiger partial charge in [-0.15, -0.1) is 0 Å². The lowest BCUT2D eigenvalue weighted by Crippen LogP contribution is -2.51. The minimum atomic E-state index is 0.236. The van der Waals surface area contributed by atoms with Gasteiger partial charge in [-0.25, -0.2) is 0 Å². The van der Waals surface area contributed by atoms with E-state index in [0.717, 1.165) is 50.8 Å². The highest BCUT2D eigenvalue weighted by atomic mass is 16.5. The monoisotopic (exact) mass is 371 g/mol. The van der Waals surface area contributed by atoms with E-state index in [1.165, 1.54) is 18.4 Å². The molecule has 8 heteroatoms. The Bertz CT molecular complexity index is 719. The standard InChI is InChI=1S/C19H29N7O/c1-24-7-3-4-15(24)13-27-19-22-17-11-21-10-16(17)18(23-19)26-9-8-25(2)14(12-26)5-6-20/h14-15,21H,3-5,7-13H2,1-2H3/t14-,15-/m0/s1. The maximum absolute atomic E-state index is 9.13. The number of hydrogen-bond acceptors (Lipinski definition) is 8. The highest BCUT2D eigenvalue weighted by Gasteiger charge is 2.30. The topological polar surface area (TPSA) is 80.6 Å². The van der Waals surface area contributed by atoms with Crippen LogP contribution in [-0.2, 0) is 13.1 Å². The smallest absolute Gasteiger partial charge is 0.318 e. The summed E-state index contributed by atoms with van der Waals surface area (Å²) in [6.07, 6.45) is 2.94. The van der Waals surface area contributed by atoms with E-state index in [4.69, 9.17) is 15.0 Å². The number of rotatable bonds is 5. The summed E-state index contributed by atoms with van der Waals surface area (Å²) in [5.41, 5.74) is 2.23. The zero-order valence-corrected chi connectivity index (χ0v) is 16.3. The number of ether oxygens (including phenoxy) is 1. The molecule has 0 spiro atoms. The molecular weight excluding hydrogens is 342 g/mol. The Balaban J connectivity index is 1.53. The van der Waals surface area contributed by atoms with Crippen LogP contribution in [0.2, 0.25) is 0 Å². The molecule has 1 N–H and O–H groups in total. The predicted octanol–water partition coefficient (Wildman–Crippen LogP) is 0.587. The van der Waals surface area contributed by atoms with E-state index in [-0.39, 0.29) is 6.04 Å². The number of anilines is 1. The number of nitrogens with one attached hydrogen (secondary N) is 1. The third kappa shape index (κ3) is 3.86. The molecule has 3 aliphatic heterocycles. The molecule has 3 aliphatic rings. The lowest BCUT2D eigenvalue weighted by Gasteiger charge is -2.39. The van der Waals surface area contributed by atoms with Crippen LogP contribution in [0.4, 0.5) is 5.82 Å². The van der Waals surface area contributed by atoms with E-state index in [2.05, 4.69) is 45.2 Å². The van der Waals surface area contributed by atoms with Crippen molar-refractivity contribution >= 4 is 5.82 Å². The molecular formula is C19H29N7O. The molecule has 0 bridgehead atoms. The first-order valence-corrected chi connectivity index (χ1v) is 9.91. The lowest BCUT2D eigenvalue weighted by atomic mass is 10.1. The van der Waals surface area contributed by atoms with Crippen LogP contribution in [0.5, 0.6) is 6.01 Å². The summed E-state index contributed by atoms with van der Waals surface area (Å²) in [5.74, 6) is 0.982. The second-order valence-corrected chi connectivity index (χ2v) is 7.89. The zero-order chi connectivity index (χ0) is 18.8. The molecule has 0 amide bonds. The number of likely N-dealkylation sites (tertiary alicyclic amines) is 1. The molecule has 1 aromatic rings. The van der Waals surface area contributed by atoms with Gasteiger partial charge in [0.2, 0.25) is 0 Å². The van der Waals surface area contributed by atoms with E-state index in [0.29, 0.717) is 25.1 Å². The summed E-state index contributed by atoms with van der Waals surface area (Å²) in [5, 5.41) is 12.5. The van der Waals surface area contributed by atoms with Crippen LogP contribution in [0.15, 0.2) is 0 Å². The Labute approximate surface area is 161 Å². The van der Waals surface area contributed by atoms with Crippen LogP contribution in [0.3, 0.4) is 0 Å². The van der Waals surface area contributed by atoms with Crippen molar-refractivity contribution in [3.05, 3.63) is 11.3 Å². The van der Waals surface area contributed by atoms with Crippen molar-refractivity contribution in [2.75, 3.05) is 51.8 Å². The molecule has 2 atom stereocenters. The number of piperazine rings is 1. The van der Waals surface area contributed by atoms with Crippen LogP contribution in [0.25, 0.3) is 0 Å². The van der Waals surface area contributed by atoms with Gasteiger partial charge in [-0.1, -0.05) is 0 Å². The van der Waals surface area contributed by atoms with Crippen LogP contribution >= 0.6 is 0 Å². The molecule has 0 unspecified atom stereocenters. The third-order valence-electron chi connectivity index (χ3n) is 6.12. The van der Waals surface area contributed by atoms with Crippen LogP contribution in [0, 0.1) is 11.3 Å². The fourth-order valence-electron chi connectivity index (χ4n) is 4.28. The molecule has 4 heterocycles. The Hall–Kier alpha value is -1.95. The average molecular weight is 371 g/mol. The summed E-state index contributed by atoms with van der Waals surface area (Å²) in [6.45, 7) is 6.00. The Kier molecular flexibility index (Phi) is 5.43. The molecule has 27 heavy (non-hydrogen) atoms. The molecule has 0 saturated carbocycles. The van der Waals surface area contributed by atoms with Gasteiger partial charge >= 0.3 is 6.01 Å². The summed E-state index contributed by atoms with van der Waals surface area (Å²) in [6, 6.07) is 3.49. The largest absolute Gasteiger partial charge is 0.462 e. The quantitative estimate of drug-likeness (QED) is 0.805. The van der Waals surface area contributed by atoms with E-state index >= 15 is 0 Å². The summed E-state index contributed by atoms with van der Waals surface area (Å²) < 4.78 is 6.03. The first-order chi connectivity index (χ1) is 13.2. The van der Waals surface area contributed by atoms with Crippen LogP contribution in [-0.4, -0.2) is 78.7 Å². The Morgan fingerprint density at radius 1 is 1.15 bits per heavy atom. The van der Waals surface area contributed by atoms with Crippen molar-refractivity contribution in [2.45, 2.75) is 44.4 Å². The maximum Gasteiger partial charge on any atom is 0.318 e. The Morgan fingerprint density at radius 3 is 2.78 bits per heavy atom. The van der Waals surface area contributed by atoms with E-state index < -0.39 is 0 Å². The average Bonchev–Trinajstić information content (AvgIpc) is 3.30. The van der Waals surface area contributed by atoms with Crippen molar-refractivity contribution in [1.29, 1.82) is 5.26 Å². The van der Waals surface area contributed by atoms with Gasteiger partial charge in [0.05, 0.1) is 18.2 Å². The van der Waals surface area contributed by atoms with Crippen molar-refractivity contribution in [1.82, 2.24) is 25.1 Å². The van der Waals surface area contributed by atoms with Gasteiger partial charge in [0.25, 0.3) is 0 Å². The normalized spacial score (nSPS) is 26.2. The molecule has 8 nitrogen and oxygen atoms in total. The van der Waals surface area contributed by atoms with Gasteiger partial charge in [-0.3, -0.25) is 4.90 Å². The van der Waals surface area contributed by atoms with Gasteiger partial charge in [0.1, 0.15) is 12.4 Å². The molecule has 2 fully saturated rings. The van der Waals surface area contributed by atoms with Gasteiger partial charge in [0, 0.05) is 50.4 Å². The van der Waals surface area contributed by atoms with E-state index in [1.54, 1.807) is 0 Å². The van der Waals surface area contributed by atoms with Crippen molar-refractivity contribution in [3.8, 4) is 12.1 Å². The minimum Gasteiger partial charge on any atom is -0.462 e. The molecule has 2 saturated heterocycles. The highest BCUT2D eigenvalue weighted by Crippen LogP contribution is 2.29. The maximum atomic E-state index is 9.13. The van der Waals surface area contributed by atoms with E-state index in [9.17, 15) is 0 Å². The van der Waals surface area contributed by atoms with Gasteiger partial charge < -0.3 is 19.9 Å². The second kappa shape index (κ2) is 7.97. The number of nitrogens with zero attached hydrogens (tertiary/aromatic N) is 6. The number of likely N-dealkylation sites (N-methyl/N-ethyl adjacent to an activating group) is 2. The highest BCUT2D eigenvalue weighted by molar-refractivity contribution is 5.52. The molecule has 0 radical (unpaired) electrons. The van der Waals surface area contributed by atoms with E-state index in [1.807, 2.05) is 0 Å². The molecule has 0 aliphatic carbocycles. The fraction of sp³-hybridized carbons (Fsp3) is 0.737. The Morgan fingerprint density at radius 2 is 2.00 bits per heavy atom. The fourth-order valence-corrected chi connectivity index (χ4v) is 4.28. The lowest BCUT2D eigenvalue weighted by molar-refractivity contribution is 0.187. The second-order valence-electron chi connectivity index (χ2n) is 7.89. The molecule has 0 aromatic carbocycles. The van der Waals surface area contributed by atoms with Crippen LogP contribution < -0.4 is 15.0 Å². The van der Waals surface area contributed by atoms with Crippen LogP contribution in [0.1, 0.15) is 30.5 Å². The molecule has 1 aromatic heterocycles.